The van der Waals surface area contributed by atoms with E-state index in [2.05, 4.69) is 55.7 Å². The number of amides is 2. The van der Waals surface area contributed by atoms with Crippen LogP contribution in [0, 0.1) is 0 Å². The van der Waals surface area contributed by atoms with Crippen LogP contribution in [-0.4, -0.2) is 24.3 Å². The molecule has 0 fully saturated rings. The summed E-state index contributed by atoms with van der Waals surface area (Å²) < 4.78 is 0. The average Bonchev–Trinajstić information content (AvgIpc) is 2.70. The standard InChI is InChI=1S/C21H32N2O2.C2H6/c1-4-7-11-17(10-5-2)16-22-21(25)23-20-14-8-12-18(13-9-15-24)19(20)6-3;1-2/h7-8,10-12,14,24H,4-6,9,13,15-16H2,1-3H3,(H2,22,23,25);1-2H3/b11-7-,17-10+;. The minimum absolute atomic E-state index is 0.180. The van der Waals surface area contributed by atoms with E-state index in [1.165, 1.54) is 5.56 Å². The highest BCUT2D eigenvalue weighted by molar-refractivity contribution is 5.90. The van der Waals surface area contributed by atoms with Gasteiger partial charge >= 0.3 is 6.03 Å². The second-order valence-electron chi connectivity index (χ2n) is 5.93. The van der Waals surface area contributed by atoms with Gasteiger partial charge in [-0.1, -0.05) is 65.0 Å². The molecule has 0 unspecified atom stereocenters. The summed E-state index contributed by atoms with van der Waals surface area (Å²) in [4.78, 5) is 12.3. The molecular weight excluding hydrogens is 336 g/mol. The number of carbonyl (C=O) groups excluding carboxylic acids is 1. The zero-order valence-corrected chi connectivity index (χ0v) is 17.8. The summed E-state index contributed by atoms with van der Waals surface area (Å²) in [5, 5.41) is 14.9. The van der Waals surface area contributed by atoms with Gasteiger partial charge in [-0.15, -0.1) is 0 Å². The number of nitrogens with one attached hydrogen (secondary N) is 2. The zero-order chi connectivity index (χ0) is 20.5. The second kappa shape index (κ2) is 16.1. The molecule has 0 saturated heterocycles. The van der Waals surface area contributed by atoms with Gasteiger partial charge in [-0.2, -0.15) is 0 Å². The second-order valence-corrected chi connectivity index (χ2v) is 5.93. The van der Waals surface area contributed by atoms with Gasteiger partial charge in [0.15, 0.2) is 0 Å². The fourth-order valence-corrected chi connectivity index (χ4v) is 2.75. The number of allylic oxidation sites excluding steroid dienone is 2. The van der Waals surface area contributed by atoms with Crippen molar-refractivity contribution in [3.63, 3.8) is 0 Å². The first-order chi connectivity index (χ1) is 13.2. The third-order valence-electron chi connectivity index (χ3n) is 3.97. The number of hydrogen-bond acceptors (Lipinski definition) is 2. The largest absolute Gasteiger partial charge is 0.396 e. The number of rotatable bonds is 10. The van der Waals surface area contributed by atoms with Gasteiger partial charge in [0, 0.05) is 18.8 Å². The summed E-state index contributed by atoms with van der Waals surface area (Å²) in [6.45, 7) is 11.0. The molecule has 1 rings (SSSR count). The highest BCUT2D eigenvalue weighted by Gasteiger charge is 2.09. The molecular formula is C23H38N2O2. The van der Waals surface area contributed by atoms with Crippen LogP contribution in [0.2, 0.25) is 0 Å². The number of urea groups is 1. The maximum Gasteiger partial charge on any atom is 0.319 e. The van der Waals surface area contributed by atoms with E-state index in [1.807, 2.05) is 26.0 Å². The predicted octanol–water partition coefficient (Wildman–Crippen LogP) is 5.62. The summed E-state index contributed by atoms with van der Waals surface area (Å²) in [6, 6.07) is 5.75. The fourth-order valence-electron chi connectivity index (χ4n) is 2.75. The van der Waals surface area contributed by atoms with Crippen molar-refractivity contribution in [1.82, 2.24) is 5.32 Å². The highest BCUT2D eigenvalue weighted by atomic mass is 16.2. The molecule has 3 N–H and O–H groups in total. The minimum atomic E-state index is -0.194. The number of hydrogen-bond donors (Lipinski definition) is 3. The molecule has 1 aromatic carbocycles. The first-order valence-corrected chi connectivity index (χ1v) is 10.3. The summed E-state index contributed by atoms with van der Waals surface area (Å²) in [6.07, 6.45) is 10.6. The van der Waals surface area contributed by atoms with E-state index in [1.54, 1.807) is 0 Å². The van der Waals surface area contributed by atoms with E-state index >= 15 is 0 Å². The Balaban J connectivity index is 0.00000326. The van der Waals surface area contributed by atoms with Gasteiger partial charge in [-0.3, -0.25) is 0 Å². The Bertz CT molecular complexity index is 592. The third kappa shape index (κ3) is 10.00. The molecule has 0 aromatic heterocycles. The first kappa shape index (κ1) is 24.9. The van der Waals surface area contributed by atoms with Crippen molar-refractivity contribution in [2.75, 3.05) is 18.5 Å². The Hall–Kier alpha value is -2.07. The average molecular weight is 375 g/mol. The number of aliphatic hydroxyl groups is 1. The Morgan fingerprint density at radius 2 is 1.89 bits per heavy atom. The van der Waals surface area contributed by atoms with Crippen LogP contribution in [0.3, 0.4) is 0 Å². The number of anilines is 1. The van der Waals surface area contributed by atoms with E-state index in [0.29, 0.717) is 6.54 Å². The van der Waals surface area contributed by atoms with E-state index in [9.17, 15) is 4.79 Å². The lowest BCUT2D eigenvalue weighted by Crippen LogP contribution is -2.30. The number of benzene rings is 1. The van der Waals surface area contributed by atoms with Gasteiger partial charge in [0.2, 0.25) is 0 Å². The lowest BCUT2D eigenvalue weighted by atomic mass is 9.99. The summed E-state index contributed by atoms with van der Waals surface area (Å²) >= 11 is 0. The Labute approximate surface area is 165 Å². The Morgan fingerprint density at radius 1 is 1.15 bits per heavy atom. The molecule has 0 aliphatic carbocycles. The summed E-state index contributed by atoms with van der Waals surface area (Å²) in [7, 11) is 0. The Kier molecular flexibility index (Phi) is 14.9. The van der Waals surface area contributed by atoms with E-state index in [0.717, 1.165) is 48.9 Å². The molecule has 0 radical (unpaired) electrons. The molecule has 0 bridgehead atoms. The molecule has 1 aromatic rings. The molecule has 0 spiro atoms. The van der Waals surface area contributed by atoms with Crippen molar-refractivity contribution >= 4 is 11.7 Å². The zero-order valence-electron chi connectivity index (χ0n) is 17.8. The predicted molar refractivity (Wildman–Crippen MR) is 117 cm³/mol. The number of carbonyl (C=O) groups is 1. The molecule has 0 atom stereocenters. The summed E-state index contributed by atoms with van der Waals surface area (Å²) in [5.41, 5.74) is 4.29. The van der Waals surface area contributed by atoms with E-state index in [4.69, 9.17) is 5.11 Å². The van der Waals surface area contributed by atoms with Gasteiger partial charge in [0.1, 0.15) is 0 Å². The van der Waals surface area contributed by atoms with Gasteiger partial charge in [0.25, 0.3) is 0 Å². The molecule has 152 valence electrons. The van der Waals surface area contributed by atoms with Crippen molar-refractivity contribution in [1.29, 1.82) is 0 Å². The van der Waals surface area contributed by atoms with Crippen molar-refractivity contribution in [3.05, 3.63) is 53.1 Å². The molecule has 27 heavy (non-hydrogen) atoms. The lowest BCUT2D eigenvalue weighted by Gasteiger charge is -2.15. The molecule has 2 amide bonds. The maximum absolute atomic E-state index is 12.3. The topological polar surface area (TPSA) is 61.4 Å². The fraction of sp³-hybridized carbons (Fsp3) is 0.522. The summed E-state index contributed by atoms with van der Waals surface area (Å²) in [5.74, 6) is 0. The van der Waals surface area contributed by atoms with Crippen molar-refractivity contribution < 1.29 is 9.90 Å². The molecule has 0 saturated carbocycles. The maximum atomic E-state index is 12.3. The van der Waals surface area contributed by atoms with Gasteiger partial charge in [-0.25, -0.2) is 4.79 Å². The third-order valence-corrected chi connectivity index (χ3v) is 3.97. The molecule has 4 nitrogen and oxygen atoms in total. The SMILES string of the molecule is CC.CC/C=C\C(=C/CC)CNC(=O)Nc1cccc(CCCO)c1CC. The molecule has 0 heterocycles. The number of aliphatic hydroxyl groups excluding tert-OH is 1. The van der Waals surface area contributed by atoms with Gasteiger partial charge in [-0.05, 0) is 54.9 Å². The van der Waals surface area contributed by atoms with Crippen molar-refractivity contribution in [3.8, 4) is 0 Å². The Morgan fingerprint density at radius 3 is 2.48 bits per heavy atom. The van der Waals surface area contributed by atoms with Crippen LogP contribution in [0.4, 0.5) is 10.5 Å². The normalized spacial score (nSPS) is 11.1. The van der Waals surface area contributed by atoms with Crippen molar-refractivity contribution in [2.45, 2.75) is 66.7 Å². The van der Waals surface area contributed by atoms with Crippen LogP contribution >= 0.6 is 0 Å². The molecule has 0 aliphatic rings. The molecule has 4 heteroatoms. The first-order valence-electron chi connectivity index (χ1n) is 10.3. The highest BCUT2D eigenvalue weighted by Crippen LogP contribution is 2.22. The van der Waals surface area contributed by atoms with E-state index in [-0.39, 0.29) is 12.6 Å². The van der Waals surface area contributed by atoms with E-state index < -0.39 is 0 Å². The van der Waals surface area contributed by atoms with Gasteiger partial charge < -0.3 is 15.7 Å². The van der Waals surface area contributed by atoms with Crippen LogP contribution < -0.4 is 10.6 Å². The van der Waals surface area contributed by atoms with Crippen molar-refractivity contribution in [2.24, 2.45) is 0 Å². The van der Waals surface area contributed by atoms with Crippen LogP contribution in [0.1, 0.15) is 65.0 Å². The van der Waals surface area contributed by atoms with Gasteiger partial charge in [0.05, 0.1) is 0 Å². The minimum Gasteiger partial charge on any atom is -0.396 e. The van der Waals surface area contributed by atoms with Crippen LogP contribution in [0.25, 0.3) is 0 Å². The van der Waals surface area contributed by atoms with Crippen LogP contribution in [0.5, 0.6) is 0 Å². The smallest absolute Gasteiger partial charge is 0.319 e. The quantitative estimate of drug-likeness (QED) is 0.465. The van der Waals surface area contributed by atoms with Crippen LogP contribution in [-0.2, 0) is 12.8 Å². The monoisotopic (exact) mass is 374 g/mol. The lowest BCUT2D eigenvalue weighted by molar-refractivity contribution is 0.253. The molecule has 0 aliphatic heterocycles. The number of aryl methyl sites for hydroxylation is 1. The van der Waals surface area contributed by atoms with Crippen LogP contribution in [0.15, 0.2) is 42.0 Å².